The maximum atomic E-state index is 11.9. The second-order valence-electron chi connectivity index (χ2n) is 7.09. The fraction of sp³-hybridized carbons (Fsp3) is 0.429. The molecule has 1 aromatic carbocycles. The van der Waals surface area contributed by atoms with Gasteiger partial charge in [-0.15, -0.1) is 0 Å². The molecule has 1 aromatic heterocycles. The molecule has 30 heavy (non-hydrogen) atoms. The van der Waals surface area contributed by atoms with Gasteiger partial charge in [0.15, 0.2) is 17.3 Å². The van der Waals surface area contributed by atoms with Gasteiger partial charge in [-0.05, 0) is 51.9 Å². The highest BCUT2D eigenvalue weighted by Crippen LogP contribution is 2.24. The minimum atomic E-state index is -0.642. The van der Waals surface area contributed by atoms with Crippen LogP contribution >= 0.6 is 0 Å². The normalized spacial score (nSPS) is 11.6. The quantitative estimate of drug-likeness (QED) is 0.463. The van der Waals surface area contributed by atoms with Crippen molar-refractivity contribution in [2.45, 2.75) is 33.2 Å². The zero-order valence-electron chi connectivity index (χ0n) is 18.2. The number of likely N-dealkylation sites (N-methyl/N-ethyl adjacent to an activating group) is 1. The fourth-order valence-corrected chi connectivity index (χ4v) is 2.84. The molecule has 0 fully saturated rings. The first-order valence-corrected chi connectivity index (χ1v) is 9.97. The molecule has 2 aromatic rings. The molecule has 9 nitrogen and oxygen atoms in total. The number of rotatable bonds is 10. The summed E-state index contributed by atoms with van der Waals surface area (Å²) in [6.45, 7) is 6.89. The van der Waals surface area contributed by atoms with Crippen LogP contribution in [0.4, 0.5) is 17.3 Å². The Morgan fingerprint density at radius 2 is 2.00 bits per heavy atom. The first-order chi connectivity index (χ1) is 14.3. The standard InChI is InChI=1S/C21H31N7O2/c1-6-28(5)20-13(2)25-17(18(22)29)19(27-20)26-16-9-7-8-15(12-16)10-11-24-21(30)14(3)23-4/h7-9,12,14,23H,6,10-11H2,1-5H3,(H2,22,29)(H,24,30)(H,26,27)/t14-/m0/s1. The first kappa shape index (κ1) is 23.1. The predicted octanol–water partition coefficient (Wildman–Crippen LogP) is 1.35. The zero-order valence-corrected chi connectivity index (χ0v) is 18.2. The molecule has 0 bridgehead atoms. The van der Waals surface area contributed by atoms with Crippen LogP contribution in [0.3, 0.4) is 0 Å². The SMILES string of the molecule is CCN(C)c1nc(Nc2cccc(CCNC(=O)[C@H](C)NC)c2)c(C(N)=O)nc1C. The van der Waals surface area contributed by atoms with Crippen LogP contribution < -0.4 is 26.6 Å². The Bertz CT molecular complexity index is 901. The van der Waals surface area contributed by atoms with Crippen molar-refractivity contribution in [3.8, 4) is 0 Å². The first-order valence-electron chi connectivity index (χ1n) is 9.97. The van der Waals surface area contributed by atoms with Crippen LogP contribution in [0.25, 0.3) is 0 Å². The lowest BCUT2D eigenvalue weighted by atomic mass is 10.1. The van der Waals surface area contributed by atoms with Crippen LogP contribution in [0.15, 0.2) is 24.3 Å². The van der Waals surface area contributed by atoms with E-state index in [9.17, 15) is 9.59 Å². The van der Waals surface area contributed by atoms with Gasteiger partial charge in [0.05, 0.1) is 11.7 Å². The zero-order chi connectivity index (χ0) is 22.3. The lowest BCUT2D eigenvalue weighted by Crippen LogP contribution is -2.41. The van der Waals surface area contributed by atoms with Gasteiger partial charge in [0.1, 0.15) is 0 Å². The summed E-state index contributed by atoms with van der Waals surface area (Å²) in [6.07, 6.45) is 0.670. The summed E-state index contributed by atoms with van der Waals surface area (Å²) in [5, 5.41) is 8.97. The minimum Gasteiger partial charge on any atom is -0.364 e. The van der Waals surface area contributed by atoms with E-state index in [1.807, 2.05) is 50.1 Å². The number of nitrogens with one attached hydrogen (secondary N) is 3. The number of primary amides is 1. The van der Waals surface area contributed by atoms with Crippen molar-refractivity contribution in [2.24, 2.45) is 5.73 Å². The van der Waals surface area contributed by atoms with E-state index in [4.69, 9.17) is 5.73 Å². The molecule has 0 saturated heterocycles. The van der Waals surface area contributed by atoms with Gasteiger partial charge < -0.3 is 26.6 Å². The summed E-state index contributed by atoms with van der Waals surface area (Å²) in [5.74, 6) is 0.316. The maximum absolute atomic E-state index is 11.9. The highest BCUT2D eigenvalue weighted by Gasteiger charge is 2.17. The van der Waals surface area contributed by atoms with E-state index in [0.29, 0.717) is 30.3 Å². The number of anilines is 3. The molecule has 9 heteroatoms. The van der Waals surface area contributed by atoms with E-state index in [2.05, 4.69) is 25.9 Å². The Hall–Kier alpha value is -3.20. The highest BCUT2D eigenvalue weighted by molar-refractivity contribution is 5.96. The van der Waals surface area contributed by atoms with Gasteiger partial charge in [-0.1, -0.05) is 12.1 Å². The summed E-state index contributed by atoms with van der Waals surface area (Å²) in [4.78, 5) is 34.6. The van der Waals surface area contributed by atoms with Crippen LogP contribution in [0, 0.1) is 6.92 Å². The number of hydrogen-bond acceptors (Lipinski definition) is 7. The number of nitrogens with two attached hydrogens (primary N) is 1. The molecule has 2 rings (SSSR count). The molecule has 0 saturated carbocycles. The van der Waals surface area contributed by atoms with E-state index >= 15 is 0 Å². The molecule has 1 heterocycles. The third-order valence-corrected chi connectivity index (χ3v) is 4.84. The topological polar surface area (TPSA) is 125 Å². The summed E-state index contributed by atoms with van der Waals surface area (Å²) in [7, 11) is 3.66. The lowest BCUT2D eigenvalue weighted by molar-refractivity contribution is -0.122. The number of amides is 2. The molecule has 0 unspecified atom stereocenters. The predicted molar refractivity (Wildman–Crippen MR) is 119 cm³/mol. The summed E-state index contributed by atoms with van der Waals surface area (Å²) in [5.41, 5.74) is 8.04. The number of benzene rings is 1. The van der Waals surface area contributed by atoms with Gasteiger partial charge in [-0.2, -0.15) is 0 Å². The molecule has 0 aliphatic carbocycles. The van der Waals surface area contributed by atoms with Crippen molar-refractivity contribution in [1.29, 1.82) is 0 Å². The van der Waals surface area contributed by atoms with E-state index in [0.717, 1.165) is 17.8 Å². The largest absolute Gasteiger partial charge is 0.364 e. The van der Waals surface area contributed by atoms with Crippen molar-refractivity contribution in [3.63, 3.8) is 0 Å². The van der Waals surface area contributed by atoms with Gasteiger partial charge >= 0.3 is 0 Å². The van der Waals surface area contributed by atoms with E-state index in [1.54, 1.807) is 14.0 Å². The molecule has 0 aliphatic heterocycles. The number of hydrogen-bond donors (Lipinski definition) is 4. The van der Waals surface area contributed by atoms with Crippen molar-refractivity contribution >= 4 is 29.1 Å². The Kier molecular flexibility index (Phi) is 8.11. The van der Waals surface area contributed by atoms with Crippen LogP contribution in [-0.2, 0) is 11.2 Å². The number of aromatic nitrogens is 2. The second kappa shape index (κ2) is 10.5. The Morgan fingerprint density at radius 1 is 1.27 bits per heavy atom. The lowest BCUT2D eigenvalue weighted by Gasteiger charge is -2.20. The number of carbonyl (C=O) groups is 2. The van der Waals surface area contributed by atoms with Gasteiger partial charge in [-0.3, -0.25) is 9.59 Å². The van der Waals surface area contributed by atoms with E-state index < -0.39 is 5.91 Å². The average Bonchev–Trinajstić information content (AvgIpc) is 2.73. The number of aryl methyl sites for hydroxylation is 1. The Labute approximate surface area is 177 Å². The average molecular weight is 414 g/mol. The van der Waals surface area contributed by atoms with Gasteiger partial charge in [-0.25, -0.2) is 9.97 Å². The second-order valence-corrected chi connectivity index (χ2v) is 7.09. The van der Waals surface area contributed by atoms with Gasteiger partial charge in [0, 0.05) is 25.8 Å². The van der Waals surface area contributed by atoms with Crippen LogP contribution in [-0.4, -0.2) is 55.0 Å². The van der Waals surface area contributed by atoms with Crippen LogP contribution in [0.5, 0.6) is 0 Å². The van der Waals surface area contributed by atoms with Crippen LogP contribution in [0.2, 0.25) is 0 Å². The number of carbonyl (C=O) groups excluding carboxylic acids is 2. The van der Waals surface area contributed by atoms with Gasteiger partial charge in [0.2, 0.25) is 5.91 Å². The molecular weight excluding hydrogens is 382 g/mol. The van der Waals surface area contributed by atoms with Crippen molar-refractivity contribution < 1.29 is 9.59 Å². The number of nitrogens with zero attached hydrogens (tertiary/aromatic N) is 3. The van der Waals surface area contributed by atoms with Crippen LogP contribution in [0.1, 0.15) is 35.6 Å². The van der Waals surface area contributed by atoms with Gasteiger partial charge in [0.25, 0.3) is 5.91 Å². The van der Waals surface area contributed by atoms with E-state index in [1.165, 1.54) is 0 Å². The third kappa shape index (κ3) is 5.90. The smallest absolute Gasteiger partial charge is 0.271 e. The summed E-state index contributed by atoms with van der Waals surface area (Å²) < 4.78 is 0. The van der Waals surface area contributed by atoms with Crippen molar-refractivity contribution in [1.82, 2.24) is 20.6 Å². The molecule has 0 aliphatic rings. The Morgan fingerprint density at radius 3 is 2.63 bits per heavy atom. The van der Waals surface area contributed by atoms with E-state index in [-0.39, 0.29) is 17.6 Å². The molecule has 5 N–H and O–H groups in total. The molecule has 162 valence electrons. The highest BCUT2D eigenvalue weighted by atomic mass is 16.2. The molecular formula is C21H31N7O2. The Balaban J connectivity index is 2.19. The molecule has 0 radical (unpaired) electrons. The molecule has 1 atom stereocenters. The maximum Gasteiger partial charge on any atom is 0.271 e. The van der Waals surface area contributed by atoms with Crippen molar-refractivity contribution in [3.05, 3.63) is 41.2 Å². The summed E-state index contributed by atoms with van der Waals surface area (Å²) >= 11 is 0. The fourth-order valence-electron chi connectivity index (χ4n) is 2.84. The molecule has 2 amide bonds. The molecule has 0 spiro atoms. The minimum absolute atomic E-state index is 0.0413. The third-order valence-electron chi connectivity index (χ3n) is 4.84. The summed E-state index contributed by atoms with van der Waals surface area (Å²) in [6, 6.07) is 7.47. The monoisotopic (exact) mass is 413 g/mol. The van der Waals surface area contributed by atoms with Crippen molar-refractivity contribution in [2.75, 3.05) is 37.4 Å².